The first-order valence-electron chi connectivity index (χ1n) is 8.85. The first-order chi connectivity index (χ1) is 13.2. The van der Waals surface area contributed by atoms with Crippen LogP contribution in [0.15, 0.2) is 66.9 Å². The predicted molar refractivity (Wildman–Crippen MR) is 109 cm³/mol. The Hall–Kier alpha value is -2.92. The van der Waals surface area contributed by atoms with Crippen LogP contribution in [-0.4, -0.2) is 29.0 Å². The molecule has 0 spiro atoms. The Labute approximate surface area is 164 Å². The van der Waals surface area contributed by atoms with Crippen molar-refractivity contribution in [3.63, 3.8) is 0 Å². The number of anilines is 2. The molecule has 0 saturated carbocycles. The maximum atomic E-state index is 12.9. The molecule has 0 aliphatic rings. The summed E-state index contributed by atoms with van der Waals surface area (Å²) in [6.07, 6.45) is 2.38. The van der Waals surface area contributed by atoms with Gasteiger partial charge in [-0.25, -0.2) is 9.97 Å². The Morgan fingerprint density at radius 2 is 1.93 bits per heavy atom. The molecule has 0 fully saturated rings. The number of carbonyl (C=O) groups excluding carboxylic acids is 1. The highest BCUT2D eigenvalue weighted by Gasteiger charge is 2.17. The van der Waals surface area contributed by atoms with E-state index in [1.54, 1.807) is 17.2 Å². The van der Waals surface area contributed by atoms with E-state index in [-0.39, 0.29) is 5.91 Å². The number of hydrogen-bond acceptors (Lipinski definition) is 4. The molecule has 138 valence electrons. The number of benzene rings is 2. The molecule has 5 nitrogen and oxygen atoms in total. The zero-order valence-electron chi connectivity index (χ0n) is 15.1. The Morgan fingerprint density at radius 3 is 2.67 bits per heavy atom. The number of hydrogen-bond donors (Lipinski definition) is 1. The van der Waals surface area contributed by atoms with Crippen molar-refractivity contribution < 1.29 is 4.79 Å². The number of nitrogens with zero attached hydrogens (tertiary/aromatic N) is 3. The highest BCUT2D eigenvalue weighted by Crippen LogP contribution is 2.16. The molecule has 0 saturated heterocycles. The summed E-state index contributed by atoms with van der Waals surface area (Å²) in [5.41, 5.74) is 2.34. The van der Waals surface area contributed by atoms with Crippen molar-refractivity contribution in [3.05, 3.63) is 83.1 Å². The maximum absolute atomic E-state index is 12.9. The number of carbonyl (C=O) groups is 1. The molecule has 1 aromatic heterocycles. The third-order valence-corrected chi connectivity index (χ3v) is 4.32. The SMILES string of the molecule is CCN(C(=O)c1ccnc(NCCc2cccc(Cl)c2)n1)c1ccccc1. The summed E-state index contributed by atoms with van der Waals surface area (Å²) in [6, 6.07) is 18.9. The highest BCUT2D eigenvalue weighted by molar-refractivity contribution is 6.30. The van der Waals surface area contributed by atoms with Crippen LogP contribution in [0.5, 0.6) is 0 Å². The minimum absolute atomic E-state index is 0.149. The van der Waals surface area contributed by atoms with E-state index in [0.29, 0.717) is 24.7 Å². The molecule has 3 rings (SSSR count). The average Bonchev–Trinajstić information content (AvgIpc) is 2.70. The lowest BCUT2D eigenvalue weighted by molar-refractivity contribution is 0.0983. The number of amides is 1. The highest BCUT2D eigenvalue weighted by atomic mass is 35.5. The van der Waals surface area contributed by atoms with Crippen LogP contribution < -0.4 is 10.2 Å². The Bertz CT molecular complexity index is 901. The third-order valence-electron chi connectivity index (χ3n) is 4.09. The van der Waals surface area contributed by atoms with Gasteiger partial charge in [-0.3, -0.25) is 4.79 Å². The summed E-state index contributed by atoms with van der Waals surface area (Å²) in [5.74, 6) is 0.288. The van der Waals surface area contributed by atoms with Gasteiger partial charge in [0, 0.05) is 30.0 Å². The van der Waals surface area contributed by atoms with Gasteiger partial charge in [-0.15, -0.1) is 0 Å². The van der Waals surface area contributed by atoms with E-state index in [1.165, 1.54) is 0 Å². The van der Waals surface area contributed by atoms with Gasteiger partial charge >= 0.3 is 0 Å². The lowest BCUT2D eigenvalue weighted by Crippen LogP contribution is -2.31. The zero-order valence-corrected chi connectivity index (χ0v) is 15.9. The van der Waals surface area contributed by atoms with Crippen LogP contribution in [0.1, 0.15) is 23.0 Å². The summed E-state index contributed by atoms with van der Waals surface area (Å²) in [5, 5.41) is 3.89. The smallest absolute Gasteiger partial charge is 0.277 e. The van der Waals surface area contributed by atoms with Crippen LogP contribution in [-0.2, 0) is 6.42 Å². The number of nitrogens with one attached hydrogen (secondary N) is 1. The van der Waals surface area contributed by atoms with Crippen molar-refractivity contribution in [3.8, 4) is 0 Å². The van der Waals surface area contributed by atoms with Gasteiger partial charge in [-0.2, -0.15) is 0 Å². The fraction of sp³-hybridized carbons (Fsp3) is 0.190. The molecule has 1 amide bonds. The van der Waals surface area contributed by atoms with Gasteiger partial charge in [0.2, 0.25) is 5.95 Å². The average molecular weight is 381 g/mol. The van der Waals surface area contributed by atoms with Crippen molar-refractivity contribution in [2.75, 3.05) is 23.3 Å². The lowest BCUT2D eigenvalue weighted by atomic mass is 10.1. The van der Waals surface area contributed by atoms with Gasteiger partial charge in [0.25, 0.3) is 5.91 Å². The fourth-order valence-electron chi connectivity index (χ4n) is 2.76. The lowest BCUT2D eigenvalue weighted by Gasteiger charge is -2.20. The molecule has 27 heavy (non-hydrogen) atoms. The second-order valence-corrected chi connectivity index (χ2v) is 6.39. The Balaban J connectivity index is 1.66. The first-order valence-corrected chi connectivity index (χ1v) is 9.23. The van der Waals surface area contributed by atoms with Crippen LogP contribution in [0.2, 0.25) is 5.02 Å². The van der Waals surface area contributed by atoms with E-state index in [0.717, 1.165) is 22.7 Å². The molecule has 6 heteroatoms. The fourth-order valence-corrected chi connectivity index (χ4v) is 2.98. The molecule has 0 radical (unpaired) electrons. The molecular formula is C21H21ClN4O. The Morgan fingerprint density at radius 1 is 1.11 bits per heavy atom. The minimum Gasteiger partial charge on any atom is -0.354 e. The van der Waals surface area contributed by atoms with E-state index in [4.69, 9.17) is 11.6 Å². The van der Waals surface area contributed by atoms with Crippen molar-refractivity contribution >= 4 is 29.1 Å². The van der Waals surface area contributed by atoms with E-state index in [9.17, 15) is 4.79 Å². The van der Waals surface area contributed by atoms with E-state index >= 15 is 0 Å². The quantitative estimate of drug-likeness (QED) is 0.657. The van der Waals surface area contributed by atoms with Gasteiger partial charge in [0.1, 0.15) is 5.69 Å². The topological polar surface area (TPSA) is 58.1 Å². The molecule has 0 aliphatic heterocycles. The number of rotatable bonds is 7. The molecule has 1 N–H and O–H groups in total. The van der Waals surface area contributed by atoms with Gasteiger partial charge in [-0.05, 0) is 49.2 Å². The predicted octanol–water partition coefficient (Wildman–Crippen LogP) is 4.45. The van der Waals surface area contributed by atoms with Gasteiger partial charge in [0.15, 0.2) is 0 Å². The van der Waals surface area contributed by atoms with Crippen molar-refractivity contribution in [2.24, 2.45) is 0 Å². The number of halogens is 1. The first kappa shape index (κ1) is 18.9. The second-order valence-electron chi connectivity index (χ2n) is 5.96. The summed E-state index contributed by atoms with van der Waals surface area (Å²) in [6.45, 7) is 3.15. The largest absolute Gasteiger partial charge is 0.354 e. The van der Waals surface area contributed by atoms with E-state index < -0.39 is 0 Å². The molecule has 0 atom stereocenters. The normalized spacial score (nSPS) is 10.4. The summed E-state index contributed by atoms with van der Waals surface area (Å²) in [7, 11) is 0. The van der Waals surface area contributed by atoms with Crippen LogP contribution in [0.4, 0.5) is 11.6 Å². The van der Waals surface area contributed by atoms with Crippen LogP contribution in [0.3, 0.4) is 0 Å². The molecule has 2 aromatic carbocycles. The molecule has 0 bridgehead atoms. The van der Waals surface area contributed by atoms with Crippen LogP contribution in [0.25, 0.3) is 0 Å². The standard InChI is InChI=1S/C21H21ClN4O/c1-2-26(18-9-4-3-5-10-18)20(27)19-12-14-24-21(25-19)23-13-11-16-7-6-8-17(22)15-16/h3-10,12,14-15H,2,11,13H2,1H3,(H,23,24,25). The van der Waals surface area contributed by atoms with Crippen LogP contribution >= 0.6 is 11.6 Å². The maximum Gasteiger partial charge on any atom is 0.277 e. The third kappa shape index (κ3) is 5.05. The van der Waals surface area contributed by atoms with Gasteiger partial charge in [-0.1, -0.05) is 41.9 Å². The van der Waals surface area contributed by atoms with E-state index in [1.807, 2.05) is 61.5 Å². The van der Waals surface area contributed by atoms with Crippen LogP contribution in [0, 0.1) is 0 Å². The molecule has 0 aliphatic carbocycles. The molecule has 0 unspecified atom stereocenters. The summed E-state index contributed by atoms with van der Waals surface area (Å²) >= 11 is 6.00. The minimum atomic E-state index is -0.149. The molecule has 1 heterocycles. The van der Waals surface area contributed by atoms with Crippen molar-refractivity contribution in [1.82, 2.24) is 9.97 Å². The van der Waals surface area contributed by atoms with Gasteiger partial charge in [0.05, 0.1) is 0 Å². The van der Waals surface area contributed by atoms with Crippen molar-refractivity contribution in [1.29, 1.82) is 0 Å². The Kier molecular flexibility index (Phi) is 6.39. The second kappa shape index (κ2) is 9.14. The number of aromatic nitrogens is 2. The zero-order chi connectivity index (χ0) is 19.1. The molecule has 3 aromatic rings. The van der Waals surface area contributed by atoms with Crippen molar-refractivity contribution in [2.45, 2.75) is 13.3 Å². The summed E-state index contributed by atoms with van der Waals surface area (Å²) < 4.78 is 0. The summed E-state index contributed by atoms with van der Waals surface area (Å²) in [4.78, 5) is 23.1. The molecular weight excluding hydrogens is 360 g/mol. The van der Waals surface area contributed by atoms with Gasteiger partial charge < -0.3 is 10.2 Å². The number of para-hydroxylation sites is 1. The van der Waals surface area contributed by atoms with E-state index in [2.05, 4.69) is 15.3 Å². The monoisotopic (exact) mass is 380 g/mol.